The van der Waals surface area contributed by atoms with Crippen molar-refractivity contribution in [3.8, 4) is 0 Å². The largest absolute Gasteiger partial charge is 0.452 e. The van der Waals surface area contributed by atoms with Crippen LogP contribution in [-0.2, 0) is 9.53 Å². The van der Waals surface area contributed by atoms with Crippen LogP contribution in [0.15, 0.2) is 24.3 Å². The average Bonchev–Trinajstić information content (AvgIpc) is 2.52. The van der Waals surface area contributed by atoms with Crippen LogP contribution in [0.5, 0.6) is 0 Å². The summed E-state index contributed by atoms with van der Waals surface area (Å²) >= 11 is 23.5. The zero-order valence-electron chi connectivity index (χ0n) is 12.2. The molecule has 24 heavy (non-hydrogen) atoms. The maximum absolute atomic E-state index is 11.9. The molecule has 0 saturated carbocycles. The number of nitrogens with zero attached hydrogens (tertiary/aromatic N) is 1. The lowest BCUT2D eigenvalue weighted by atomic mass is 10.2. The molecule has 0 fully saturated rings. The highest BCUT2D eigenvalue weighted by Crippen LogP contribution is 2.25. The van der Waals surface area contributed by atoms with Crippen molar-refractivity contribution in [2.24, 2.45) is 0 Å². The van der Waals surface area contributed by atoms with Gasteiger partial charge in [-0.1, -0.05) is 46.4 Å². The minimum absolute atomic E-state index is 0.0652. The second-order valence-electron chi connectivity index (χ2n) is 4.63. The first kappa shape index (κ1) is 18.8. The van der Waals surface area contributed by atoms with E-state index in [0.29, 0.717) is 15.7 Å². The SMILES string of the molecule is Cc1nc(NC(=O)COC(=O)c2cc(Cl)ccc2Cl)c(Cl)cc1Cl. The normalized spacial score (nSPS) is 10.4. The Bertz CT molecular complexity index is 812. The first-order valence-electron chi connectivity index (χ1n) is 6.52. The Morgan fingerprint density at radius 1 is 1.08 bits per heavy atom. The number of aryl methyl sites for hydroxylation is 1. The second-order valence-corrected chi connectivity index (χ2v) is 6.29. The van der Waals surface area contributed by atoms with Crippen LogP contribution >= 0.6 is 46.4 Å². The fourth-order valence-electron chi connectivity index (χ4n) is 1.68. The van der Waals surface area contributed by atoms with Gasteiger partial charge in [0.1, 0.15) is 0 Å². The zero-order valence-corrected chi connectivity index (χ0v) is 15.2. The molecular formula is C15H10Cl4N2O3. The van der Waals surface area contributed by atoms with Gasteiger partial charge in [0, 0.05) is 5.02 Å². The number of anilines is 1. The summed E-state index contributed by atoms with van der Waals surface area (Å²) in [6.45, 7) is 1.12. The summed E-state index contributed by atoms with van der Waals surface area (Å²) in [4.78, 5) is 27.9. The van der Waals surface area contributed by atoms with Gasteiger partial charge in [0.25, 0.3) is 5.91 Å². The van der Waals surface area contributed by atoms with Gasteiger partial charge in [-0.05, 0) is 31.2 Å². The van der Waals surface area contributed by atoms with Crippen molar-refractivity contribution in [1.82, 2.24) is 4.98 Å². The predicted molar refractivity (Wildman–Crippen MR) is 94.4 cm³/mol. The number of carbonyl (C=O) groups is 2. The third kappa shape index (κ3) is 4.74. The van der Waals surface area contributed by atoms with Crippen molar-refractivity contribution in [2.45, 2.75) is 6.92 Å². The van der Waals surface area contributed by atoms with Crippen LogP contribution in [0.25, 0.3) is 0 Å². The Hall–Kier alpha value is -1.53. The molecule has 0 aliphatic heterocycles. The standard InChI is InChI=1S/C15H10Cl4N2O3/c1-7-11(18)5-12(19)14(20-7)21-13(22)6-24-15(23)9-4-8(16)2-3-10(9)17/h2-5H,6H2,1H3,(H,20,21,22). The minimum Gasteiger partial charge on any atom is -0.452 e. The Morgan fingerprint density at radius 3 is 2.50 bits per heavy atom. The molecule has 2 rings (SSSR count). The fourth-order valence-corrected chi connectivity index (χ4v) is 2.45. The maximum atomic E-state index is 11.9. The van der Waals surface area contributed by atoms with E-state index in [2.05, 4.69) is 10.3 Å². The number of ether oxygens (including phenoxy) is 1. The molecule has 5 nitrogen and oxygen atoms in total. The van der Waals surface area contributed by atoms with E-state index in [0.717, 1.165) is 0 Å². The molecule has 1 aromatic heterocycles. The summed E-state index contributed by atoms with van der Waals surface area (Å²) in [7, 11) is 0. The van der Waals surface area contributed by atoms with Crippen molar-refractivity contribution in [2.75, 3.05) is 11.9 Å². The second kappa shape index (κ2) is 8.03. The van der Waals surface area contributed by atoms with E-state index in [-0.39, 0.29) is 21.4 Å². The number of halogens is 4. The summed E-state index contributed by atoms with van der Waals surface area (Å²) in [5.74, 6) is -1.26. The van der Waals surface area contributed by atoms with E-state index in [4.69, 9.17) is 51.1 Å². The quantitative estimate of drug-likeness (QED) is 0.739. The minimum atomic E-state index is -0.774. The predicted octanol–water partition coefficient (Wildman–Crippen LogP) is 4.80. The van der Waals surface area contributed by atoms with E-state index in [9.17, 15) is 9.59 Å². The smallest absolute Gasteiger partial charge is 0.340 e. The first-order valence-corrected chi connectivity index (χ1v) is 8.03. The van der Waals surface area contributed by atoms with Gasteiger partial charge in [0.2, 0.25) is 0 Å². The maximum Gasteiger partial charge on any atom is 0.340 e. The fraction of sp³-hybridized carbons (Fsp3) is 0.133. The Labute approximate surface area is 157 Å². The molecular weight excluding hydrogens is 398 g/mol. The van der Waals surface area contributed by atoms with Gasteiger partial charge in [-0.25, -0.2) is 9.78 Å². The van der Waals surface area contributed by atoms with Crippen molar-refractivity contribution in [1.29, 1.82) is 0 Å². The van der Waals surface area contributed by atoms with Crippen LogP contribution in [0.4, 0.5) is 5.82 Å². The van der Waals surface area contributed by atoms with E-state index >= 15 is 0 Å². The highest BCUT2D eigenvalue weighted by molar-refractivity contribution is 6.37. The molecule has 1 heterocycles. The van der Waals surface area contributed by atoms with Crippen LogP contribution in [0.3, 0.4) is 0 Å². The van der Waals surface area contributed by atoms with Crippen molar-refractivity contribution >= 4 is 64.1 Å². The number of amides is 1. The first-order chi connectivity index (χ1) is 11.3. The number of pyridine rings is 1. The molecule has 1 amide bonds. The van der Waals surface area contributed by atoms with Gasteiger partial charge >= 0.3 is 5.97 Å². The Kier molecular flexibility index (Phi) is 6.29. The molecule has 2 aromatic rings. The van der Waals surface area contributed by atoms with Crippen LogP contribution in [0.2, 0.25) is 20.1 Å². The van der Waals surface area contributed by atoms with E-state index in [1.807, 2.05) is 0 Å². The summed E-state index contributed by atoms with van der Waals surface area (Å²) in [5, 5.41) is 3.47. The van der Waals surface area contributed by atoms with Gasteiger partial charge in [-0.3, -0.25) is 4.79 Å². The molecule has 126 valence electrons. The molecule has 0 aliphatic carbocycles. The molecule has 0 radical (unpaired) electrons. The van der Waals surface area contributed by atoms with Crippen LogP contribution in [-0.4, -0.2) is 23.5 Å². The van der Waals surface area contributed by atoms with Crippen LogP contribution < -0.4 is 5.32 Å². The highest BCUT2D eigenvalue weighted by Gasteiger charge is 2.16. The van der Waals surface area contributed by atoms with Gasteiger partial charge < -0.3 is 10.1 Å². The molecule has 0 bridgehead atoms. The van der Waals surface area contributed by atoms with Crippen molar-refractivity contribution in [3.63, 3.8) is 0 Å². The molecule has 0 aliphatic rings. The number of hydrogen-bond acceptors (Lipinski definition) is 4. The summed E-state index contributed by atoms with van der Waals surface area (Å²) in [6.07, 6.45) is 0. The number of benzene rings is 1. The highest BCUT2D eigenvalue weighted by atomic mass is 35.5. The number of hydrogen-bond donors (Lipinski definition) is 1. The lowest BCUT2D eigenvalue weighted by molar-refractivity contribution is -0.119. The van der Waals surface area contributed by atoms with Gasteiger partial charge in [0.05, 0.1) is 26.3 Å². The molecule has 0 atom stereocenters. The number of nitrogens with one attached hydrogen (secondary N) is 1. The van der Waals surface area contributed by atoms with Gasteiger partial charge in [-0.15, -0.1) is 0 Å². The number of rotatable bonds is 4. The molecule has 0 unspecified atom stereocenters. The molecule has 0 saturated heterocycles. The Morgan fingerprint density at radius 2 is 1.79 bits per heavy atom. The molecule has 1 aromatic carbocycles. The molecule has 0 spiro atoms. The summed E-state index contributed by atoms with van der Waals surface area (Å²) in [5.41, 5.74) is 0.564. The van der Waals surface area contributed by atoms with Gasteiger partial charge in [-0.2, -0.15) is 0 Å². The summed E-state index contributed by atoms with van der Waals surface area (Å²) in [6, 6.07) is 5.80. The van der Waals surface area contributed by atoms with E-state index in [1.165, 1.54) is 24.3 Å². The lowest BCUT2D eigenvalue weighted by Crippen LogP contribution is -2.22. The zero-order chi connectivity index (χ0) is 17.9. The third-order valence-electron chi connectivity index (χ3n) is 2.85. The molecule has 1 N–H and O–H groups in total. The van der Waals surface area contributed by atoms with E-state index in [1.54, 1.807) is 6.92 Å². The topological polar surface area (TPSA) is 68.3 Å². The van der Waals surface area contributed by atoms with Crippen LogP contribution in [0, 0.1) is 6.92 Å². The summed E-state index contributed by atoms with van der Waals surface area (Å²) < 4.78 is 4.90. The average molecular weight is 408 g/mol. The molecule has 9 heteroatoms. The van der Waals surface area contributed by atoms with Crippen molar-refractivity contribution in [3.05, 3.63) is 55.6 Å². The van der Waals surface area contributed by atoms with Crippen LogP contribution in [0.1, 0.15) is 16.1 Å². The Balaban J connectivity index is 2.00. The number of aromatic nitrogens is 1. The van der Waals surface area contributed by atoms with E-state index < -0.39 is 18.5 Å². The number of carbonyl (C=O) groups excluding carboxylic acids is 2. The van der Waals surface area contributed by atoms with Gasteiger partial charge in [0.15, 0.2) is 12.4 Å². The number of esters is 1. The lowest BCUT2D eigenvalue weighted by Gasteiger charge is -2.09. The third-order valence-corrected chi connectivity index (χ3v) is 4.08. The van der Waals surface area contributed by atoms with Crippen molar-refractivity contribution < 1.29 is 14.3 Å². The monoisotopic (exact) mass is 406 g/mol.